The molecule has 2 rings (SSSR count). The summed E-state index contributed by atoms with van der Waals surface area (Å²) >= 11 is 0. The predicted molar refractivity (Wildman–Crippen MR) is 79.1 cm³/mol. The minimum absolute atomic E-state index is 0. The molecule has 0 saturated heterocycles. The van der Waals surface area contributed by atoms with E-state index in [-0.39, 0.29) is 25.1 Å². The number of nitrogens with two attached hydrogens (primary N) is 2. The number of ether oxygens (including phenoxy) is 2. The van der Waals surface area contributed by atoms with E-state index in [1.54, 1.807) is 18.2 Å². The summed E-state index contributed by atoms with van der Waals surface area (Å²) < 4.78 is 10.00. The maximum Gasteiger partial charge on any atom is 0.171 e. The summed E-state index contributed by atoms with van der Waals surface area (Å²) in [5.41, 5.74) is 11.5. The monoisotopic (exact) mass is 344 g/mol. The van der Waals surface area contributed by atoms with E-state index in [0.717, 1.165) is 19.1 Å². The SMILES string of the molecule is COc1cccc(C=O)c1OC.NC1(N)CCCCC1.[Zn]. The Morgan fingerprint density at radius 2 is 1.71 bits per heavy atom. The molecule has 0 aromatic heterocycles. The van der Waals surface area contributed by atoms with E-state index in [0.29, 0.717) is 17.1 Å². The van der Waals surface area contributed by atoms with Crippen LogP contribution in [0.4, 0.5) is 0 Å². The van der Waals surface area contributed by atoms with E-state index in [4.69, 9.17) is 20.9 Å². The van der Waals surface area contributed by atoms with E-state index in [2.05, 4.69) is 0 Å². The van der Waals surface area contributed by atoms with Crippen LogP contribution >= 0.6 is 0 Å². The Morgan fingerprint density at radius 1 is 1.10 bits per heavy atom. The second-order valence-electron chi connectivity index (χ2n) is 4.99. The number of methoxy groups -OCH3 is 2. The topological polar surface area (TPSA) is 87.6 Å². The van der Waals surface area contributed by atoms with Crippen LogP contribution in [-0.4, -0.2) is 26.2 Å². The van der Waals surface area contributed by atoms with Crippen molar-refractivity contribution in [3.05, 3.63) is 23.8 Å². The molecule has 1 fully saturated rings. The summed E-state index contributed by atoms with van der Waals surface area (Å²) in [6.45, 7) is 0. The molecule has 0 radical (unpaired) electrons. The van der Waals surface area contributed by atoms with Gasteiger partial charge in [0.1, 0.15) is 0 Å². The fourth-order valence-corrected chi connectivity index (χ4v) is 2.21. The van der Waals surface area contributed by atoms with Gasteiger partial charge in [-0.2, -0.15) is 0 Å². The van der Waals surface area contributed by atoms with Crippen molar-refractivity contribution in [2.75, 3.05) is 14.2 Å². The van der Waals surface area contributed by atoms with E-state index in [9.17, 15) is 4.79 Å². The summed E-state index contributed by atoms with van der Waals surface area (Å²) in [4.78, 5) is 10.5. The Kier molecular flexibility index (Phi) is 9.42. The first kappa shape index (κ1) is 20.0. The van der Waals surface area contributed by atoms with Gasteiger partial charge in [0.15, 0.2) is 17.8 Å². The van der Waals surface area contributed by atoms with E-state index < -0.39 is 0 Å². The minimum Gasteiger partial charge on any atom is -0.493 e. The number of benzene rings is 1. The van der Waals surface area contributed by atoms with Crippen molar-refractivity contribution in [1.82, 2.24) is 0 Å². The molecule has 1 aromatic carbocycles. The number of carbonyl (C=O) groups is 1. The van der Waals surface area contributed by atoms with Gasteiger partial charge in [-0.3, -0.25) is 4.79 Å². The molecule has 0 heterocycles. The third kappa shape index (κ3) is 6.55. The zero-order valence-corrected chi connectivity index (χ0v) is 15.9. The van der Waals surface area contributed by atoms with Crippen molar-refractivity contribution in [2.45, 2.75) is 37.8 Å². The fourth-order valence-electron chi connectivity index (χ4n) is 2.21. The Hall–Kier alpha value is -0.967. The van der Waals surface area contributed by atoms with Gasteiger partial charge >= 0.3 is 0 Å². The normalized spacial score (nSPS) is 15.8. The molecule has 5 nitrogen and oxygen atoms in total. The molecule has 0 unspecified atom stereocenters. The van der Waals surface area contributed by atoms with Crippen LogP contribution in [0.25, 0.3) is 0 Å². The Labute approximate surface area is 139 Å². The standard InChI is InChI=1S/C9H10O3.C6H14N2.Zn/c1-11-8-5-3-4-7(6-10)9(8)12-2;7-6(8)4-2-1-3-5-6;/h3-6H,1-2H3;1-5,7-8H2;. The van der Waals surface area contributed by atoms with Crippen molar-refractivity contribution < 1.29 is 33.7 Å². The van der Waals surface area contributed by atoms with Crippen LogP contribution < -0.4 is 20.9 Å². The molecule has 6 heteroatoms. The van der Waals surface area contributed by atoms with Crippen molar-refractivity contribution in [3.63, 3.8) is 0 Å². The van der Waals surface area contributed by atoms with Gasteiger partial charge in [0.25, 0.3) is 0 Å². The van der Waals surface area contributed by atoms with Crippen LogP contribution in [0.2, 0.25) is 0 Å². The van der Waals surface area contributed by atoms with Gasteiger partial charge in [0.05, 0.1) is 25.4 Å². The molecule has 0 spiro atoms. The van der Waals surface area contributed by atoms with Crippen LogP contribution in [0, 0.1) is 0 Å². The van der Waals surface area contributed by atoms with Crippen molar-refractivity contribution >= 4 is 6.29 Å². The summed E-state index contributed by atoms with van der Waals surface area (Å²) in [6.07, 6.45) is 6.50. The van der Waals surface area contributed by atoms with Gasteiger partial charge in [-0.05, 0) is 25.0 Å². The minimum atomic E-state index is -0.321. The Morgan fingerprint density at radius 3 is 2.10 bits per heavy atom. The smallest absolute Gasteiger partial charge is 0.171 e. The second kappa shape index (κ2) is 9.88. The largest absolute Gasteiger partial charge is 0.493 e. The Bertz CT molecular complexity index is 431. The van der Waals surface area contributed by atoms with Crippen LogP contribution in [0.15, 0.2) is 18.2 Å². The van der Waals surface area contributed by atoms with Crippen LogP contribution in [-0.2, 0) is 19.5 Å². The van der Waals surface area contributed by atoms with Gasteiger partial charge in [-0.1, -0.05) is 25.3 Å². The number of rotatable bonds is 3. The van der Waals surface area contributed by atoms with Crippen LogP contribution in [0.5, 0.6) is 11.5 Å². The fraction of sp³-hybridized carbons (Fsp3) is 0.533. The molecule has 1 aromatic rings. The Balaban J connectivity index is 0.000000390. The maximum absolute atomic E-state index is 10.5. The average molecular weight is 346 g/mol. The molecule has 4 N–H and O–H groups in total. The number of aldehydes is 1. The quantitative estimate of drug-likeness (QED) is 0.497. The summed E-state index contributed by atoms with van der Waals surface area (Å²) in [6, 6.07) is 5.16. The van der Waals surface area contributed by atoms with Crippen molar-refractivity contribution in [2.24, 2.45) is 11.5 Å². The van der Waals surface area contributed by atoms with Crippen molar-refractivity contribution in [1.29, 1.82) is 0 Å². The first-order valence-corrected chi connectivity index (χ1v) is 6.78. The zero-order chi connectivity index (χ0) is 15.0. The molecule has 1 aliphatic carbocycles. The van der Waals surface area contributed by atoms with Gasteiger partial charge in [-0.25, -0.2) is 0 Å². The number of hydrogen-bond donors (Lipinski definition) is 2. The van der Waals surface area contributed by atoms with Crippen molar-refractivity contribution in [3.8, 4) is 11.5 Å². The van der Waals surface area contributed by atoms with E-state index >= 15 is 0 Å². The second-order valence-corrected chi connectivity index (χ2v) is 4.99. The van der Waals surface area contributed by atoms with Gasteiger partial charge in [0, 0.05) is 19.5 Å². The molecule has 0 bridgehead atoms. The summed E-state index contributed by atoms with van der Waals surface area (Å²) in [5, 5.41) is 0. The first-order chi connectivity index (χ1) is 9.54. The third-order valence-electron chi connectivity index (χ3n) is 3.34. The third-order valence-corrected chi connectivity index (χ3v) is 3.34. The first-order valence-electron chi connectivity index (χ1n) is 6.78. The molecule has 0 atom stereocenters. The number of para-hydroxylation sites is 1. The van der Waals surface area contributed by atoms with E-state index in [1.165, 1.54) is 33.5 Å². The number of carbonyl (C=O) groups excluding carboxylic acids is 1. The predicted octanol–water partition coefficient (Wildman–Crippen LogP) is 2.08. The van der Waals surface area contributed by atoms with Crippen LogP contribution in [0.3, 0.4) is 0 Å². The summed E-state index contributed by atoms with van der Waals surface area (Å²) in [7, 11) is 3.04. The molecular formula is C15H24N2O3Zn. The zero-order valence-electron chi connectivity index (χ0n) is 12.9. The van der Waals surface area contributed by atoms with Gasteiger partial charge < -0.3 is 20.9 Å². The van der Waals surface area contributed by atoms with E-state index in [1.807, 2.05) is 0 Å². The van der Waals surface area contributed by atoms with Gasteiger partial charge in [0.2, 0.25) is 0 Å². The molecule has 1 saturated carbocycles. The maximum atomic E-state index is 10.5. The van der Waals surface area contributed by atoms with Crippen LogP contribution in [0.1, 0.15) is 42.5 Å². The number of hydrogen-bond acceptors (Lipinski definition) is 5. The average Bonchev–Trinajstić information content (AvgIpc) is 2.46. The molecule has 0 amide bonds. The molecule has 21 heavy (non-hydrogen) atoms. The van der Waals surface area contributed by atoms with Gasteiger partial charge in [-0.15, -0.1) is 0 Å². The summed E-state index contributed by atoms with van der Waals surface area (Å²) in [5.74, 6) is 1.05. The molecular weight excluding hydrogens is 322 g/mol. The molecule has 1 aliphatic rings. The molecule has 114 valence electrons. The molecule has 0 aliphatic heterocycles.